The van der Waals surface area contributed by atoms with Crippen molar-refractivity contribution >= 4 is 5.78 Å². The van der Waals surface area contributed by atoms with Crippen LogP contribution in [0.25, 0.3) is 0 Å². The highest BCUT2D eigenvalue weighted by Gasteiger charge is 2.15. The maximum Gasteiger partial charge on any atom is 0.167 e. The molecular formula is C12H20N2O2. The third-order valence-corrected chi connectivity index (χ3v) is 2.82. The van der Waals surface area contributed by atoms with Crippen LogP contribution < -0.4 is 0 Å². The van der Waals surface area contributed by atoms with Gasteiger partial charge in [-0.3, -0.25) is 9.48 Å². The Hall–Kier alpha value is -1.16. The summed E-state index contributed by atoms with van der Waals surface area (Å²) in [4.78, 5) is 11.5. The number of hydrogen-bond donors (Lipinski definition) is 1. The minimum Gasteiger partial charge on any atom is -0.385 e. The molecule has 0 aromatic carbocycles. The highest BCUT2D eigenvalue weighted by molar-refractivity contribution is 5.84. The van der Waals surface area contributed by atoms with Gasteiger partial charge in [-0.1, -0.05) is 13.8 Å². The Bertz CT molecular complexity index is 347. The lowest BCUT2D eigenvalue weighted by Gasteiger charge is -2.08. The molecule has 1 aromatic rings. The van der Waals surface area contributed by atoms with Gasteiger partial charge in [-0.2, -0.15) is 5.10 Å². The average Bonchev–Trinajstić information content (AvgIpc) is 2.75. The summed E-state index contributed by atoms with van der Waals surface area (Å²) in [6.45, 7) is 5.97. The van der Waals surface area contributed by atoms with Gasteiger partial charge in [0.1, 0.15) is 6.10 Å². The van der Waals surface area contributed by atoms with Crippen LogP contribution in [0.1, 0.15) is 45.3 Å². The van der Waals surface area contributed by atoms with E-state index in [1.54, 1.807) is 6.92 Å². The van der Waals surface area contributed by atoms with Crippen LogP contribution in [0, 0.1) is 0 Å². The molecule has 0 aliphatic carbocycles. The summed E-state index contributed by atoms with van der Waals surface area (Å²) in [5.41, 5.74) is 0.734. The van der Waals surface area contributed by atoms with Gasteiger partial charge >= 0.3 is 0 Å². The molecule has 4 nitrogen and oxygen atoms in total. The van der Waals surface area contributed by atoms with Crippen molar-refractivity contribution in [2.45, 2.75) is 52.2 Å². The predicted octanol–water partition coefficient (Wildman–Crippen LogP) is 1.74. The van der Waals surface area contributed by atoms with Gasteiger partial charge in [0.05, 0.1) is 12.1 Å². The van der Waals surface area contributed by atoms with E-state index in [-0.39, 0.29) is 12.2 Å². The molecule has 2 atom stereocenters. The fourth-order valence-corrected chi connectivity index (χ4v) is 1.43. The molecule has 0 bridgehead atoms. The lowest BCUT2D eigenvalue weighted by Crippen LogP contribution is -2.21. The Labute approximate surface area is 96.3 Å². The van der Waals surface area contributed by atoms with Gasteiger partial charge in [-0.25, -0.2) is 0 Å². The standard InChI is InChI=1S/C12H20N2O2/c1-4-9(3)14-7-6-10(13-14)8-12(16)11(15)5-2/h6-7,9,11,15H,4-5,8H2,1-3H3. The quantitative estimate of drug-likeness (QED) is 0.800. The molecule has 0 aliphatic heterocycles. The normalized spacial score (nSPS) is 14.8. The van der Waals surface area contributed by atoms with E-state index < -0.39 is 6.10 Å². The van der Waals surface area contributed by atoms with E-state index in [0.717, 1.165) is 12.1 Å². The first-order chi connectivity index (χ1) is 7.58. The zero-order valence-electron chi connectivity index (χ0n) is 10.2. The Morgan fingerprint density at radius 3 is 2.75 bits per heavy atom. The molecule has 0 saturated carbocycles. The fourth-order valence-electron chi connectivity index (χ4n) is 1.43. The molecule has 1 N–H and O–H groups in total. The smallest absolute Gasteiger partial charge is 0.167 e. The van der Waals surface area contributed by atoms with E-state index in [1.807, 2.05) is 16.9 Å². The Balaban J connectivity index is 2.62. The zero-order valence-corrected chi connectivity index (χ0v) is 10.2. The van der Waals surface area contributed by atoms with Gasteiger partial charge in [-0.05, 0) is 25.8 Å². The first kappa shape index (κ1) is 12.9. The zero-order chi connectivity index (χ0) is 12.1. The molecule has 1 heterocycles. The molecule has 1 rings (SSSR count). The molecule has 2 unspecified atom stereocenters. The minimum atomic E-state index is -0.853. The van der Waals surface area contributed by atoms with Crippen LogP contribution in [0.15, 0.2) is 12.3 Å². The highest BCUT2D eigenvalue weighted by Crippen LogP contribution is 2.10. The van der Waals surface area contributed by atoms with Gasteiger partial charge in [-0.15, -0.1) is 0 Å². The lowest BCUT2D eigenvalue weighted by atomic mass is 10.1. The van der Waals surface area contributed by atoms with Gasteiger partial charge in [0, 0.05) is 12.2 Å². The number of nitrogens with zero attached hydrogens (tertiary/aromatic N) is 2. The number of carbonyl (C=O) groups is 1. The van der Waals surface area contributed by atoms with E-state index in [1.165, 1.54) is 0 Å². The molecule has 4 heteroatoms. The first-order valence-electron chi connectivity index (χ1n) is 5.83. The van der Waals surface area contributed by atoms with Crippen LogP contribution in [0.5, 0.6) is 0 Å². The van der Waals surface area contributed by atoms with Gasteiger partial charge in [0.25, 0.3) is 0 Å². The lowest BCUT2D eigenvalue weighted by molar-refractivity contribution is -0.126. The van der Waals surface area contributed by atoms with Crippen molar-refractivity contribution in [3.63, 3.8) is 0 Å². The molecule has 0 spiro atoms. The number of aliphatic hydroxyl groups excluding tert-OH is 1. The third-order valence-electron chi connectivity index (χ3n) is 2.82. The van der Waals surface area contributed by atoms with Crippen LogP contribution in [0.4, 0.5) is 0 Å². The van der Waals surface area contributed by atoms with Crippen LogP contribution in [0.2, 0.25) is 0 Å². The second-order valence-electron chi connectivity index (χ2n) is 4.11. The van der Waals surface area contributed by atoms with E-state index in [2.05, 4.69) is 18.9 Å². The molecule has 0 aliphatic rings. The number of aromatic nitrogens is 2. The summed E-state index contributed by atoms with van der Waals surface area (Å²) in [5, 5.41) is 13.7. The van der Waals surface area contributed by atoms with Crippen molar-refractivity contribution in [1.29, 1.82) is 0 Å². The summed E-state index contributed by atoms with van der Waals surface area (Å²) in [6.07, 6.45) is 2.72. The maximum absolute atomic E-state index is 11.5. The monoisotopic (exact) mass is 224 g/mol. The van der Waals surface area contributed by atoms with Crippen molar-refractivity contribution in [1.82, 2.24) is 9.78 Å². The number of hydrogen-bond acceptors (Lipinski definition) is 3. The van der Waals surface area contributed by atoms with E-state index in [9.17, 15) is 9.90 Å². The van der Waals surface area contributed by atoms with Gasteiger partial charge < -0.3 is 5.11 Å². The number of ketones is 1. The van der Waals surface area contributed by atoms with Crippen LogP contribution in [-0.4, -0.2) is 26.8 Å². The van der Waals surface area contributed by atoms with Crippen LogP contribution >= 0.6 is 0 Å². The first-order valence-corrected chi connectivity index (χ1v) is 5.83. The SMILES string of the molecule is CCC(O)C(=O)Cc1ccn(C(C)CC)n1. The second-order valence-corrected chi connectivity index (χ2v) is 4.11. The Morgan fingerprint density at radius 2 is 2.19 bits per heavy atom. The minimum absolute atomic E-state index is 0.156. The summed E-state index contributed by atoms with van der Waals surface area (Å²) in [6, 6.07) is 2.19. The topological polar surface area (TPSA) is 55.1 Å². The van der Waals surface area contributed by atoms with Crippen molar-refractivity contribution in [2.24, 2.45) is 0 Å². The summed E-state index contributed by atoms with van der Waals surface area (Å²) in [5.74, 6) is -0.156. The molecule has 16 heavy (non-hydrogen) atoms. The molecule has 90 valence electrons. The van der Waals surface area contributed by atoms with Crippen LogP contribution in [-0.2, 0) is 11.2 Å². The Morgan fingerprint density at radius 1 is 1.50 bits per heavy atom. The third kappa shape index (κ3) is 3.17. The van der Waals surface area contributed by atoms with Crippen LogP contribution in [0.3, 0.4) is 0 Å². The second kappa shape index (κ2) is 5.80. The van der Waals surface area contributed by atoms with Gasteiger partial charge in [0.2, 0.25) is 0 Å². The number of rotatable bonds is 6. The molecular weight excluding hydrogens is 204 g/mol. The average molecular weight is 224 g/mol. The number of carbonyl (C=O) groups excluding carboxylic acids is 1. The molecule has 0 fully saturated rings. The van der Waals surface area contributed by atoms with Crippen molar-refractivity contribution in [3.05, 3.63) is 18.0 Å². The predicted molar refractivity (Wildman–Crippen MR) is 62.2 cm³/mol. The van der Waals surface area contributed by atoms with E-state index in [0.29, 0.717) is 12.5 Å². The highest BCUT2D eigenvalue weighted by atomic mass is 16.3. The van der Waals surface area contributed by atoms with Crippen molar-refractivity contribution in [3.8, 4) is 0 Å². The maximum atomic E-state index is 11.5. The van der Waals surface area contributed by atoms with Crippen molar-refractivity contribution < 1.29 is 9.90 Å². The molecule has 0 radical (unpaired) electrons. The fraction of sp³-hybridized carbons (Fsp3) is 0.667. The summed E-state index contributed by atoms with van der Waals surface area (Å²) < 4.78 is 1.86. The van der Waals surface area contributed by atoms with Crippen molar-refractivity contribution in [2.75, 3.05) is 0 Å². The Kier molecular flexibility index (Phi) is 4.68. The van der Waals surface area contributed by atoms with E-state index in [4.69, 9.17) is 0 Å². The van der Waals surface area contributed by atoms with Gasteiger partial charge in [0.15, 0.2) is 5.78 Å². The molecule has 0 saturated heterocycles. The largest absolute Gasteiger partial charge is 0.385 e. The molecule has 1 aromatic heterocycles. The van der Waals surface area contributed by atoms with E-state index >= 15 is 0 Å². The number of aliphatic hydroxyl groups is 1. The molecule has 0 amide bonds. The number of Topliss-reactive ketones (excluding diaryl/α,β-unsaturated/α-hetero) is 1. The summed E-state index contributed by atoms with van der Waals surface area (Å²) >= 11 is 0. The summed E-state index contributed by atoms with van der Waals surface area (Å²) in [7, 11) is 0.